The molecule has 0 radical (unpaired) electrons. The Balaban J connectivity index is 2.10. The quantitative estimate of drug-likeness (QED) is 0.839. The predicted molar refractivity (Wildman–Crippen MR) is 76.2 cm³/mol. The summed E-state index contributed by atoms with van der Waals surface area (Å²) >= 11 is 1.69. The first-order chi connectivity index (χ1) is 8.88. The van der Waals surface area contributed by atoms with E-state index in [1.165, 1.54) is 30.5 Å². The zero-order chi connectivity index (χ0) is 12.4. The summed E-state index contributed by atoms with van der Waals surface area (Å²) in [7, 11) is 1.95. The summed E-state index contributed by atoms with van der Waals surface area (Å²) in [6, 6.07) is 2.09. The van der Waals surface area contributed by atoms with E-state index in [-0.39, 0.29) is 0 Å². The first-order valence-corrected chi connectivity index (χ1v) is 7.43. The van der Waals surface area contributed by atoms with Crippen LogP contribution in [0.3, 0.4) is 0 Å². The van der Waals surface area contributed by atoms with Crippen LogP contribution in [-0.2, 0) is 12.8 Å². The summed E-state index contributed by atoms with van der Waals surface area (Å²) in [5, 5.41) is 7.42. The predicted octanol–water partition coefficient (Wildman–Crippen LogP) is 3.52. The topological polar surface area (TPSA) is 37.8 Å². The van der Waals surface area contributed by atoms with Crippen molar-refractivity contribution in [2.45, 2.75) is 32.1 Å². The molecular weight excluding hydrogens is 242 g/mol. The third-order valence-corrected chi connectivity index (χ3v) is 4.13. The lowest BCUT2D eigenvalue weighted by molar-refractivity contribution is 0.709. The molecule has 1 N–H and O–H groups in total. The van der Waals surface area contributed by atoms with Gasteiger partial charge >= 0.3 is 0 Å². The van der Waals surface area contributed by atoms with Crippen LogP contribution in [0.25, 0.3) is 11.4 Å². The maximum absolute atomic E-state index is 4.78. The van der Waals surface area contributed by atoms with E-state index in [9.17, 15) is 0 Å². The van der Waals surface area contributed by atoms with Crippen molar-refractivity contribution in [1.82, 2.24) is 9.97 Å². The number of hydrogen-bond acceptors (Lipinski definition) is 4. The highest BCUT2D eigenvalue weighted by Crippen LogP contribution is 2.28. The van der Waals surface area contributed by atoms with Crippen molar-refractivity contribution in [3.05, 3.63) is 28.1 Å². The van der Waals surface area contributed by atoms with Gasteiger partial charge in [0.05, 0.1) is 0 Å². The van der Waals surface area contributed by atoms with Gasteiger partial charge in [0, 0.05) is 29.2 Å². The van der Waals surface area contributed by atoms with E-state index in [1.54, 1.807) is 11.3 Å². The highest BCUT2D eigenvalue weighted by atomic mass is 32.1. The van der Waals surface area contributed by atoms with Gasteiger partial charge in [-0.25, -0.2) is 9.97 Å². The van der Waals surface area contributed by atoms with Crippen molar-refractivity contribution in [2.75, 3.05) is 12.4 Å². The van der Waals surface area contributed by atoms with E-state index in [0.717, 1.165) is 30.0 Å². The highest BCUT2D eigenvalue weighted by Gasteiger charge is 2.16. The van der Waals surface area contributed by atoms with Gasteiger partial charge < -0.3 is 5.32 Å². The van der Waals surface area contributed by atoms with Crippen molar-refractivity contribution in [3.8, 4) is 11.4 Å². The van der Waals surface area contributed by atoms with Gasteiger partial charge in [0.25, 0.3) is 0 Å². The number of hydrogen-bond donors (Lipinski definition) is 1. The Morgan fingerprint density at radius 1 is 1.17 bits per heavy atom. The molecule has 18 heavy (non-hydrogen) atoms. The van der Waals surface area contributed by atoms with Gasteiger partial charge in [0.2, 0.25) is 0 Å². The van der Waals surface area contributed by atoms with E-state index < -0.39 is 0 Å². The van der Waals surface area contributed by atoms with Crippen molar-refractivity contribution in [3.63, 3.8) is 0 Å². The molecule has 1 aliphatic carbocycles. The molecule has 0 saturated heterocycles. The Labute approximate surface area is 111 Å². The number of anilines is 1. The molecule has 2 aromatic heterocycles. The molecule has 0 fully saturated rings. The molecule has 4 heteroatoms. The number of fused-ring (bicyclic) bond motifs is 1. The van der Waals surface area contributed by atoms with Gasteiger partial charge in [0.15, 0.2) is 5.82 Å². The van der Waals surface area contributed by atoms with Gasteiger partial charge in [-0.15, -0.1) is 0 Å². The van der Waals surface area contributed by atoms with Crippen LogP contribution in [-0.4, -0.2) is 17.0 Å². The maximum Gasteiger partial charge on any atom is 0.162 e. The third-order valence-electron chi connectivity index (χ3n) is 3.45. The van der Waals surface area contributed by atoms with Gasteiger partial charge in [-0.2, -0.15) is 11.3 Å². The van der Waals surface area contributed by atoms with Crippen molar-refractivity contribution in [2.24, 2.45) is 0 Å². The van der Waals surface area contributed by atoms with Crippen LogP contribution in [0.5, 0.6) is 0 Å². The van der Waals surface area contributed by atoms with Crippen molar-refractivity contribution >= 4 is 17.2 Å². The fourth-order valence-electron chi connectivity index (χ4n) is 2.50. The van der Waals surface area contributed by atoms with Gasteiger partial charge in [-0.1, -0.05) is 6.42 Å². The molecule has 0 bridgehead atoms. The van der Waals surface area contributed by atoms with E-state index in [2.05, 4.69) is 27.1 Å². The summed E-state index contributed by atoms with van der Waals surface area (Å²) in [4.78, 5) is 9.45. The van der Waals surface area contributed by atoms with E-state index >= 15 is 0 Å². The first-order valence-electron chi connectivity index (χ1n) is 6.48. The Morgan fingerprint density at radius 3 is 2.83 bits per heavy atom. The summed E-state index contributed by atoms with van der Waals surface area (Å²) in [6.07, 6.45) is 5.99. The van der Waals surface area contributed by atoms with Gasteiger partial charge in [0.1, 0.15) is 5.82 Å². The number of rotatable bonds is 2. The molecule has 2 aromatic rings. The molecule has 0 aromatic carbocycles. The standard InChI is InChI=1S/C14H17N3S/c1-15-14-11-5-3-2-4-6-12(11)16-13(17-14)10-7-8-18-9-10/h7-9H,2-6H2,1H3,(H,15,16,17). The lowest BCUT2D eigenvalue weighted by Gasteiger charge is -2.12. The molecule has 0 amide bonds. The minimum atomic E-state index is 0.862. The summed E-state index contributed by atoms with van der Waals surface area (Å²) in [5.41, 5.74) is 3.70. The van der Waals surface area contributed by atoms with E-state index in [4.69, 9.17) is 4.98 Å². The van der Waals surface area contributed by atoms with Crippen molar-refractivity contribution in [1.29, 1.82) is 0 Å². The zero-order valence-corrected chi connectivity index (χ0v) is 11.4. The Bertz CT molecular complexity index is 534. The SMILES string of the molecule is CNc1nc(-c2ccsc2)nc2c1CCCCC2. The summed E-state index contributed by atoms with van der Waals surface area (Å²) in [5.74, 6) is 1.88. The monoisotopic (exact) mass is 259 g/mol. The molecule has 1 aliphatic rings. The fourth-order valence-corrected chi connectivity index (χ4v) is 3.13. The molecule has 3 rings (SSSR count). The summed E-state index contributed by atoms with van der Waals surface area (Å²) in [6.45, 7) is 0. The average molecular weight is 259 g/mol. The average Bonchev–Trinajstić information content (AvgIpc) is 2.83. The molecule has 0 aliphatic heterocycles. The minimum Gasteiger partial charge on any atom is -0.373 e. The second-order valence-corrected chi connectivity index (χ2v) is 5.42. The minimum absolute atomic E-state index is 0.862. The molecule has 94 valence electrons. The van der Waals surface area contributed by atoms with Gasteiger partial charge in [-0.05, 0) is 37.1 Å². The van der Waals surface area contributed by atoms with Crippen LogP contribution < -0.4 is 5.32 Å². The van der Waals surface area contributed by atoms with Crippen LogP contribution >= 0.6 is 11.3 Å². The highest BCUT2D eigenvalue weighted by molar-refractivity contribution is 7.08. The molecule has 0 saturated carbocycles. The molecule has 0 atom stereocenters. The molecule has 0 spiro atoms. The zero-order valence-electron chi connectivity index (χ0n) is 10.6. The Kier molecular flexibility index (Phi) is 3.28. The van der Waals surface area contributed by atoms with Crippen LogP contribution in [0.4, 0.5) is 5.82 Å². The summed E-state index contributed by atoms with van der Waals surface area (Å²) < 4.78 is 0. The van der Waals surface area contributed by atoms with Crippen LogP contribution in [0.1, 0.15) is 30.5 Å². The molecule has 0 unspecified atom stereocenters. The Morgan fingerprint density at radius 2 is 2.06 bits per heavy atom. The number of aromatic nitrogens is 2. The molecular formula is C14H17N3S. The smallest absolute Gasteiger partial charge is 0.162 e. The molecule has 3 nitrogen and oxygen atoms in total. The maximum atomic E-state index is 4.78. The number of thiophene rings is 1. The lowest BCUT2D eigenvalue weighted by Crippen LogP contribution is -2.06. The largest absolute Gasteiger partial charge is 0.373 e. The number of nitrogens with one attached hydrogen (secondary N) is 1. The second-order valence-electron chi connectivity index (χ2n) is 4.64. The van der Waals surface area contributed by atoms with Crippen LogP contribution in [0.2, 0.25) is 0 Å². The molecule has 2 heterocycles. The van der Waals surface area contributed by atoms with E-state index in [1.807, 2.05) is 7.05 Å². The number of aryl methyl sites for hydroxylation is 1. The third kappa shape index (κ3) is 2.12. The van der Waals surface area contributed by atoms with Crippen molar-refractivity contribution < 1.29 is 0 Å². The fraction of sp³-hybridized carbons (Fsp3) is 0.429. The van der Waals surface area contributed by atoms with Crippen LogP contribution in [0, 0.1) is 0 Å². The van der Waals surface area contributed by atoms with Gasteiger partial charge in [-0.3, -0.25) is 0 Å². The first kappa shape index (κ1) is 11.7. The normalized spacial score (nSPS) is 14.9. The lowest BCUT2D eigenvalue weighted by atomic mass is 10.1. The number of nitrogens with zero attached hydrogens (tertiary/aromatic N) is 2. The van der Waals surface area contributed by atoms with Crippen LogP contribution in [0.15, 0.2) is 16.8 Å². The second kappa shape index (κ2) is 5.06. The Hall–Kier alpha value is -1.42. The van der Waals surface area contributed by atoms with E-state index in [0.29, 0.717) is 0 Å².